The fourth-order valence-electron chi connectivity index (χ4n) is 3.01. The number of carboxylic acids is 1. The Morgan fingerprint density at radius 2 is 1.96 bits per heavy atom. The molecular formula is C20H23NO3S. The van der Waals surface area contributed by atoms with Gasteiger partial charge in [-0.3, -0.25) is 4.79 Å². The zero-order valence-electron chi connectivity index (χ0n) is 14.2. The lowest BCUT2D eigenvalue weighted by Crippen LogP contribution is -2.02. The van der Waals surface area contributed by atoms with Gasteiger partial charge in [-0.05, 0) is 43.0 Å². The van der Waals surface area contributed by atoms with Crippen LogP contribution in [-0.4, -0.2) is 27.9 Å². The summed E-state index contributed by atoms with van der Waals surface area (Å²) in [4.78, 5) is 15.1. The van der Waals surface area contributed by atoms with Gasteiger partial charge in [-0.1, -0.05) is 31.0 Å². The van der Waals surface area contributed by atoms with Crippen molar-refractivity contribution in [1.29, 1.82) is 0 Å². The molecule has 1 fully saturated rings. The van der Waals surface area contributed by atoms with Gasteiger partial charge in [0, 0.05) is 23.4 Å². The highest BCUT2D eigenvalue weighted by atomic mass is 32.2. The number of rotatable bonds is 8. The third-order valence-electron chi connectivity index (χ3n) is 4.32. The molecule has 0 bridgehead atoms. The maximum atomic E-state index is 10.5. The van der Waals surface area contributed by atoms with Gasteiger partial charge in [0.25, 0.3) is 0 Å². The number of thioether (sulfide) groups is 1. The second kappa shape index (κ2) is 8.90. The average molecular weight is 357 g/mol. The van der Waals surface area contributed by atoms with E-state index < -0.39 is 5.97 Å². The first-order chi connectivity index (χ1) is 12.2. The van der Waals surface area contributed by atoms with Crippen LogP contribution in [0.4, 0.5) is 0 Å². The quantitative estimate of drug-likeness (QED) is 0.672. The lowest BCUT2D eigenvalue weighted by Gasteiger charge is -2.13. The largest absolute Gasteiger partial charge is 0.494 e. The summed E-state index contributed by atoms with van der Waals surface area (Å²) in [6.45, 7) is 0.418. The van der Waals surface area contributed by atoms with Crippen molar-refractivity contribution < 1.29 is 14.6 Å². The summed E-state index contributed by atoms with van der Waals surface area (Å²) in [7, 11) is 0. The normalized spacial score (nSPS) is 14.6. The van der Waals surface area contributed by atoms with Crippen molar-refractivity contribution in [2.45, 2.75) is 48.8 Å². The Hall–Kier alpha value is -2.01. The first kappa shape index (κ1) is 17.8. The Bertz CT molecular complexity index is 696. The van der Waals surface area contributed by atoms with Gasteiger partial charge < -0.3 is 9.84 Å². The number of carbonyl (C=O) groups is 1. The summed E-state index contributed by atoms with van der Waals surface area (Å²) in [5.41, 5.74) is 2.29. The minimum atomic E-state index is -0.789. The van der Waals surface area contributed by atoms with E-state index in [9.17, 15) is 4.79 Å². The predicted molar refractivity (Wildman–Crippen MR) is 100 cm³/mol. The molecule has 132 valence electrons. The minimum Gasteiger partial charge on any atom is -0.494 e. The van der Waals surface area contributed by atoms with Gasteiger partial charge in [-0.2, -0.15) is 0 Å². The molecule has 1 aliphatic carbocycles. The Labute approximate surface area is 152 Å². The second-order valence-corrected chi connectivity index (χ2v) is 7.54. The van der Waals surface area contributed by atoms with E-state index in [1.807, 2.05) is 48.3 Å². The van der Waals surface area contributed by atoms with Gasteiger partial charge in [0.1, 0.15) is 10.8 Å². The van der Waals surface area contributed by atoms with Crippen LogP contribution in [0.2, 0.25) is 0 Å². The highest BCUT2D eigenvalue weighted by Crippen LogP contribution is 2.38. The average Bonchev–Trinajstić information content (AvgIpc) is 3.13. The van der Waals surface area contributed by atoms with E-state index in [1.54, 1.807) is 0 Å². The van der Waals surface area contributed by atoms with Crippen molar-refractivity contribution >= 4 is 17.7 Å². The van der Waals surface area contributed by atoms with Crippen molar-refractivity contribution in [3.63, 3.8) is 0 Å². The van der Waals surface area contributed by atoms with E-state index in [0.717, 1.165) is 21.9 Å². The molecule has 25 heavy (non-hydrogen) atoms. The van der Waals surface area contributed by atoms with E-state index >= 15 is 0 Å². The van der Waals surface area contributed by atoms with Crippen LogP contribution >= 0.6 is 11.8 Å². The molecule has 3 rings (SSSR count). The van der Waals surface area contributed by atoms with Gasteiger partial charge in [-0.15, -0.1) is 11.8 Å². The lowest BCUT2D eigenvalue weighted by atomic mass is 10.1. The Morgan fingerprint density at radius 3 is 2.68 bits per heavy atom. The molecular weight excluding hydrogens is 334 g/mol. The molecule has 0 spiro atoms. The van der Waals surface area contributed by atoms with Crippen molar-refractivity contribution in [2.24, 2.45) is 0 Å². The van der Waals surface area contributed by atoms with Crippen LogP contribution in [0.1, 0.15) is 38.5 Å². The Morgan fingerprint density at radius 1 is 1.20 bits per heavy atom. The first-order valence-electron chi connectivity index (χ1n) is 8.79. The number of aliphatic carboxylic acids is 1. The molecule has 2 aromatic rings. The molecule has 0 amide bonds. The minimum absolute atomic E-state index is 0.134. The number of pyridine rings is 1. The van der Waals surface area contributed by atoms with E-state index in [-0.39, 0.29) is 6.42 Å². The summed E-state index contributed by atoms with van der Waals surface area (Å²) >= 11 is 1.90. The maximum Gasteiger partial charge on any atom is 0.303 e. The van der Waals surface area contributed by atoms with Crippen LogP contribution < -0.4 is 4.74 Å². The third-order valence-corrected chi connectivity index (χ3v) is 5.67. The lowest BCUT2D eigenvalue weighted by molar-refractivity contribution is -0.137. The SMILES string of the molecule is O=C(O)CCCOc1ccc(-c2cccnc2SC2CCCC2)cc1. The molecule has 1 aromatic carbocycles. The summed E-state index contributed by atoms with van der Waals surface area (Å²) in [5.74, 6) is -0.0224. The smallest absolute Gasteiger partial charge is 0.303 e. The summed E-state index contributed by atoms with van der Waals surface area (Å²) in [6.07, 6.45) is 7.73. The van der Waals surface area contributed by atoms with Crippen LogP contribution in [0.25, 0.3) is 11.1 Å². The molecule has 1 saturated carbocycles. The number of nitrogens with zero attached hydrogens (tertiary/aromatic N) is 1. The molecule has 1 aromatic heterocycles. The van der Waals surface area contributed by atoms with E-state index in [4.69, 9.17) is 9.84 Å². The first-order valence-corrected chi connectivity index (χ1v) is 9.67. The number of ether oxygens (including phenoxy) is 1. The zero-order chi connectivity index (χ0) is 17.5. The summed E-state index contributed by atoms with van der Waals surface area (Å²) < 4.78 is 5.60. The highest BCUT2D eigenvalue weighted by molar-refractivity contribution is 8.00. The van der Waals surface area contributed by atoms with Gasteiger partial charge in [0.05, 0.1) is 6.61 Å². The molecule has 5 heteroatoms. The van der Waals surface area contributed by atoms with Crippen LogP contribution in [0, 0.1) is 0 Å². The second-order valence-electron chi connectivity index (χ2n) is 6.25. The van der Waals surface area contributed by atoms with Gasteiger partial charge in [0.2, 0.25) is 0 Å². The van der Waals surface area contributed by atoms with Crippen molar-refractivity contribution in [3.05, 3.63) is 42.6 Å². The summed E-state index contributed by atoms with van der Waals surface area (Å²) in [6, 6.07) is 12.1. The molecule has 1 N–H and O–H groups in total. The fraction of sp³-hybridized carbons (Fsp3) is 0.400. The van der Waals surface area contributed by atoms with Crippen LogP contribution in [-0.2, 0) is 4.79 Å². The molecule has 1 aliphatic rings. The zero-order valence-corrected chi connectivity index (χ0v) is 15.0. The molecule has 1 heterocycles. The summed E-state index contributed by atoms with van der Waals surface area (Å²) in [5, 5.41) is 10.4. The number of hydrogen-bond donors (Lipinski definition) is 1. The number of benzene rings is 1. The standard InChI is InChI=1S/C20H23NO3S/c22-19(23)8-4-14-24-16-11-9-15(10-12-16)18-7-3-13-21-20(18)25-17-5-1-2-6-17/h3,7,9-13,17H,1-2,4-6,8,14H2,(H,22,23). The van der Waals surface area contributed by atoms with Crippen LogP contribution in [0.15, 0.2) is 47.6 Å². The predicted octanol–water partition coefficient (Wildman–Crippen LogP) is 5.03. The van der Waals surface area contributed by atoms with Gasteiger partial charge in [0.15, 0.2) is 0 Å². The maximum absolute atomic E-state index is 10.5. The Balaban J connectivity index is 1.64. The molecule has 0 saturated heterocycles. The van der Waals surface area contributed by atoms with Gasteiger partial charge in [-0.25, -0.2) is 4.98 Å². The van der Waals surface area contributed by atoms with E-state index in [1.165, 1.54) is 25.7 Å². The molecule has 0 atom stereocenters. The van der Waals surface area contributed by atoms with Crippen molar-refractivity contribution in [3.8, 4) is 16.9 Å². The van der Waals surface area contributed by atoms with Crippen molar-refractivity contribution in [2.75, 3.05) is 6.61 Å². The van der Waals surface area contributed by atoms with Crippen LogP contribution in [0.3, 0.4) is 0 Å². The molecule has 0 unspecified atom stereocenters. The number of hydrogen-bond acceptors (Lipinski definition) is 4. The molecule has 4 nitrogen and oxygen atoms in total. The topological polar surface area (TPSA) is 59.4 Å². The van der Waals surface area contributed by atoms with Gasteiger partial charge >= 0.3 is 5.97 Å². The molecule has 0 aliphatic heterocycles. The monoisotopic (exact) mass is 357 g/mol. The van der Waals surface area contributed by atoms with Crippen molar-refractivity contribution in [1.82, 2.24) is 4.98 Å². The van der Waals surface area contributed by atoms with Crippen LogP contribution in [0.5, 0.6) is 5.75 Å². The fourth-order valence-corrected chi connectivity index (χ4v) is 4.33. The van der Waals surface area contributed by atoms with E-state index in [2.05, 4.69) is 11.1 Å². The van der Waals surface area contributed by atoms with E-state index in [0.29, 0.717) is 18.3 Å². The third kappa shape index (κ3) is 5.23. The number of aromatic nitrogens is 1. The number of carboxylic acid groups (broad SMARTS) is 1. The highest BCUT2D eigenvalue weighted by Gasteiger charge is 2.18. The Kier molecular flexibility index (Phi) is 6.34. The molecule has 0 radical (unpaired) electrons.